The van der Waals surface area contributed by atoms with E-state index in [4.69, 9.17) is 5.11 Å². The fraction of sp³-hybridized carbons (Fsp3) is 0.500. The van der Waals surface area contributed by atoms with Gasteiger partial charge in [0.25, 0.3) is 0 Å². The number of pyridine rings is 1. The van der Waals surface area contributed by atoms with Gasteiger partial charge >= 0.3 is 0 Å². The van der Waals surface area contributed by atoms with Crippen molar-refractivity contribution >= 4 is 11.7 Å². The van der Waals surface area contributed by atoms with E-state index in [9.17, 15) is 13.6 Å². The molecule has 2 rings (SSSR count). The summed E-state index contributed by atoms with van der Waals surface area (Å²) in [5.74, 6) is -2.92. The van der Waals surface area contributed by atoms with E-state index in [1.807, 2.05) is 0 Å². The van der Waals surface area contributed by atoms with Crippen LogP contribution in [0.25, 0.3) is 0 Å². The summed E-state index contributed by atoms with van der Waals surface area (Å²) in [6.07, 6.45) is 1.11. The number of aliphatic hydroxyl groups excluding tert-OH is 1. The van der Waals surface area contributed by atoms with Crippen LogP contribution in [0.2, 0.25) is 0 Å². The molecular formula is C12H14F2N2O2. The third-order valence-corrected chi connectivity index (χ3v) is 2.97. The van der Waals surface area contributed by atoms with E-state index >= 15 is 0 Å². The lowest BCUT2D eigenvalue weighted by Gasteiger charge is -2.34. The maximum absolute atomic E-state index is 12.6. The first-order valence-corrected chi connectivity index (χ1v) is 5.72. The zero-order valence-corrected chi connectivity index (χ0v) is 9.70. The SMILES string of the molecule is O=C(CC1CC(F)(F)C1)Nc1ncccc1CO. The minimum Gasteiger partial charge on any atom is -0.392 e. The Labute approximate surface area is 103 Å². The van der Waals surface area contributed by atoms with Gasteiger partial charge in [0.05, 0.1) is 6.61 Å². The number of aromatic nitrogens is 1. The first kappa shape index (κ1) is 12.9. The molecule has 0 bridgehead atoms. The van der Waals surface area contributed by atoms with Crippen molar-refractivity contribution in [2.24, 2.45) is 5.92 Å². The fourth-order valence-electron chi connectivity index (χ4n) is 2.05. The van der Waals surface area contributed by atoms with Crippen molar-refractivity contribution in [3.8, 4) is 0 Å². The molecular weight excluding hydrogens is 242 g/mol. The molecule has 0 aliphatic heterocycles. The van der Waals surface area contributed by atoms with Gasteiger partial charge in [-0.05, 0) is 12.0 Å². The maximum Gasteiger partial charge on any atom is 0.248 e. The number of amides is 1. The van der Waals surface area contributed by atoms with Gasteiger partial charge < -0.3 is 10.4 Å². The number of hydrogen-bond donors (Lipinski definition) is 2. The van der Waals surface area contributed by atoms with Crippen molar-refractivity contribution in [1.29, 1.82) is 0 Å². The molecule has 0 radical (unpaired) electrons. The number of rotatable bonds is 4. The molecule has 18 heavy (non-hydrogen) atoms. The van der Waals surface area contributed by atoms with Gasteiger partial charge in [0.2, 0.25) is 11.8 Å². The maximum atomic E-state index is 12.6. The second-order valence-corrected chi connectivity index (χ2v) is 4.55. The summed E-state index contributed by atoms with van der Waals surface area (Å²) in [4.78, 5) is 15.5. The van der Waals surface area contributed by atoms with Crippen molar-refractivity contribution in [3.63, 3.8) is 0 Å². The Morgan fingerprint density at radius 2 is 2.28 bits per heavy atom. The highest BCUT2D eigenvalue weighted by Crippen LogP contribution is 2.44. The first-order chi connectivity index (χ1) is 8.50. The van der Waals surface area contributed by atoms with E-state index in [0.29, 0.717) is 5.56 Å². The number of nitrogens with zero attached hydrogens (tertiary/aromatic N) is 1. The van der Waals surface area contributed by atoms with E-state index < -0.39 is 5.92 Å². The highest BCUT2D eigenvalue weighted by Gasteiger charge is 2.45. The molecule has 1 fully saturated rings. The lowest BCUT2D eigenvalue weighted by molar-refractivity contribution is -0.129. The number of halogens is 2. The molecule has 1 aromatic heterocycles. The summed E-state index contributed by atoms with van der Waals surface area (Å²) in [6, 6.07) is 3.29. The van der Waals surface area contributed by atoms with Crippen LogP contribution in [0.3, 0.4) is 0 Å². The van der Waals surface area contributed by atoms with Crippen LogP contribution in [0.1, 0.15) is 24.8 Å². The number of aliphatic hydroxyl groups is 1. The van der Waals surface area contributed by atoms with Crippen LogP contribution in [0.15, 0.2) is 18.3 Å². The topological polar surface area (TPSA) is 62.2 Å². The second kappa shape index (κ2) is 4.97. The molecule has 1 amide bonds. The minimum atomic E-state index is -2.60. The van der Waals surface area contributed by atoms with Crippen molar-refractivity contribution in [2.45, 2.75) is 31.8 Å². The summed E-state index contributed by atoms with van der Waals surface area (Å²) in [6.45, 7) is -0.231. The summed E-state index contributed by atoms with van der Waals surface area (Å²) in [5.41, 5.74) is 0.504. The van der Waals surface area contributed by atoms with Gasteiger partial charge in [0.1, 0.15) is 5.82 Å². The van der Waals surface area contributed by atoms with Crippen LogP contribution in [0.5, 0.6) is 0 Å². The van der Waals surface area contributed by atoms with Crippen LogP contribution >= 0.6 is 0 Å². The molecule has 0 aromatic carbocycles. The van der Waals surface area contributed by atoms with Crippen LogP contribution in [0.4, 0.5) is 14.6 Å². The fourth-order valence-corrected chi connectivity index (χ4v) is 2.05. The molecule has 0 unspecified atom stereocenters. The average molecular weight is 256 g/mol. The molecule has 0 spiro atoms. The van der Waals surface area contributed by atoms with Gasteiger partial charge in [-0.1, -0.05) is 6.07 Å². The smallest absolute Gasteiger partial charge is 0.248 e. The third-order valence-electron chi connectivity index (χ3n) is 2.97. The van der Waals surface area contributed by atoms with Crippen molar-refractivity contribution < 1.29 is 18.7 Å². The van der Waals surface area contributed by atoms with Crippen LogP contribution in [0, 0.1) is 5.92 Å². The monoisotopic (exact) mass is 256 g/mol. The van der Waals surface area contributed by atoms with Crippen LogP contribution in [-0.2, 0) is 11.4 Å². The standard InChI is InChI=1S/C12H14F2N2O2/c13-12(14)5-8(6-12)4-10(18)16-11-9(7-17)2-1-3-15-11/h1-3,8,17H,4-7H2,(H,15,16,18). The van der Waals surface area contributed by atoms with E-state index in [-0.39, 0.29) is 43.5 Å². The first-order valence-electron chi connectivity index (χ1n) is 5.72. The lowest BCUT2D eigenvalue weighted by atomic mass is 9.79. The van der Waals surface area contributed by atoms with E-state index in [0.717, 1.165) is 0 Å². The van der Waals surface area contributed by atoms with Gasteiger partial charge in [0, 0.05) is 31.0 Å². The van der Waals surface area contributed by atoms with Crippen molar-refractivity contribution in [2.75, 3.05) is 5.32 Å². The van der Waals surface area contributed by atoms with Crippen molar-refractivity contribution in [1.82, 2.24) is 4.98 Å². The third kappa shape index (κ3) is 3.01. The largest absolute Gasteiger partial charge is 0.392 e. The van der Waals surface area contributed by atoms with Gasteiger partial charge in [-0.2, -0.15) is 0 Å². The molecule has 2 N–H and O–H groups in total. The van der Waals surface area contributed by atoms with Crippen LogP contribution in [-0.4, -0.2) is 21.9 Å². The molecule has 1 aliphatic rings. The zero-order chi connectivity index (χ0) is 13.2. The van der Waals surface area contributed by atoms with E-state index in [1.54, 1.807) is 12.1 Å². The van der Waals surface area contributed by atoms with Crippen molar-refractivity contribution in [3.05, 3.63) is 23.9 Å². The van der Waals surface area contributed by atoms with E-state index in [1.165, 1.54) is 6.20 Å². The Morgan fingerprint density at radius 3 is 2.89 bits per heavy atom. The molecule has 1 saturated carbocycles. The molecule has 0 atom stereocenters. The number of alkyl halides is 2. The Balaban J connectivity index is 1.88. The zero-order valence-electron chi connectivity index (χ0n) is 9.70. The lowest BCUT2D eigenvalue weighted by Crippen LogP contribution is -2.37. The normalized spacial score (nSPS) is 18.2. The van der Waals surface area contributed by atoms with Crippen LogP contribution < -0.4 is 5.32 Å². The van der Waals surface area contributed by atoms with Gasteiger partial charge in [-0.25, -0.2) is 13.8 Å². The highest BCUT2D eigenvalue weighted by atomic mass is 19.3. The molecule has 98 valence electrons. The summed E-state index contributed by atoms with van der Waals surface area (Å²) < 4.78 is 25.2. The molecule has 6 heteroatoms. The Kier molecular flexibility index (Phi) is 3.56. The van der Waals surface area contributed by atoms with E-state index in [2.05, 4.69) is 10.3 Å². The highest BCUT2D eigenvalue weighted by molar-refractivity contribution is 5.90. The Morgan fingerprint density at radius 1 is 1.56 bits per heavy atom. The molecule has 1 aliphatic carbocycles. The average Bonchev–Trinajstić information content (AvgIpc) is 2.27. The number of anilines is 1. The molecule has 1 aromatic rings. The van der Waals surface area contributed by atoms with Gasteiger partial charge in [-0.3, -0.25) is 4.79 Å². The predicted molar refractivity (Wildman–Crippen MR) is 61.1 cm³/mol. The Bertz CT molecular complexity index is 443. The number of nitrogens with one attached hydrogen (secondary N) is 1. The number of carbonyl (C=O) groups excluding carboxylic acids is 1. The number of carbonyl (C=O) groups is 1. The second-order valence-electron chi connectivity index (χ2n) is 4.55. The predicted octanol–water partition coefficient (Wildman–Crippen LogP) is 1.95. The quantitative estimate of drug-likeness (QED) is 0.865. The summed E-state index contributed by atoms with van der Waals surface area (Å²) in [5, 5.41) is 11.6. The minimum absolute atomic E-state index is 0.0665. The summed E-state index contributed by atoms with van der Waals surface area (Å²) >= 11 is 0. The molecule has 4 nitrogen and oxygen atoms in total. The Hall–Kier alpha value is -1.56. The molecule has 1 heterocycles. The van der Waals surface area contributed by atoms with Gasteiger partial charge in [-0.15, -0.1) is 0 Å². The molecule has 0 saturated heterocycles. The number of hydrogen-bond acceptors (Lipinski definition) is 3. The summed E-state index contributed by atoms with van der Waals surface area (Å²) in [7, 11) is 0. The van der Waals surface area contributed by atoms with Gasteiger partial charge in [0.15, 0.2) is 0 Å².